The molecule has 0 unspecified atom stereocenters. The van der Waals surface area contributed by atoms with Gasteiger partial charge in [-0.1, -0.05) is 11.6 Å². The number of benzene rings is 1. The molecule has 1 spiro atoms. The Balaban J connectivity index is 0.000000565. The molecule has 1 aromatic carbocycles. The second-order valence-corrected chi connectivity index (χ2v) is 8.34. The first kappa shape index (κ1) is 18.7. The molecule has 1 aromatic heterocycles. The lowest BCUT2D eigenvalue weighted by molar-refractivity contribution is -0.122. The van der Waals surface area contributed by atoms with Gasteiger partial charge in [-0.25, -0.2) is 0 Å². The summed E-state index contributed by atoms with van der Waals surface area (Å²) in [5, 5.41) is 18.6. The van der Waals surface area contributed by atoms with E-state index < -0.39 is 0 Å². The van der Waals surface area contributed by atoms with Gasteiger partial charge in [0.2, 0.25) is 0 Å². The van der Waals surface area contributed by atoms with Gasteiger partial charge >= 0.3 is 0 Å². The van der Waals surface area contributed by atoms with Crippen LogP contribution in [0.5, 0.6) is 0 Å². The van der Waals surface area contributed by atoms with E-state index in [2.05, 4.69) is 22.9 Å². The number of fused-ring (bicyclic) bond motifs is 2. The number of aromatic nitrogens is 1. The molecule has 4 atom stereocenters. The van der Waals surface area contributed by atoms with Gasteiger partial charge in [-0.3, -0.25) is 9.69 Å². The zero-order chi connectivity index (χ0) is 19.2. The fourth-order valence-electron chi connectivity index (χ4n) is 5.39. The molecule has 146 valence electrons. The largest absolute Gasteiger partial charge is 0.483 e. The van der Waals surface area contributed by atoms with Gasteiger partial charge in [0, 0.05) is 59.7 Å². The predicted molar refractivity (Wildman–Crippen MR) is 103 cm³/mol. The first-order chi connectivity index (χ1) is 13.0. The number of H-pyrrole nitrogens is 1. The van der Waals surface area contributed by atoms with Crippen LogP contribution in [0, 0.1) is 18.8 Å². The Labute approximate surface area is 163 Å². The van der Waals surface area contributed by atoms with Crippen molar-refractivity contribution in [1.29, 1.82) is 0 Å². The van der Waals surface area contributed by atoms with E-state index in [4.69, 9.17) is 26.2 Å². The molecule has 0 saturated carbocycles. The second kappa shape index (κ2) is 7.09. The van der Waals surface area contributed by atoms with Crippen LogP contribution in [0.1, 0.15) is 24.1 Å². The lowest BCUT2D eigenvalue weighted by atomic mass is 9.74. The molecular weight excluding hydrogens is 368 g/mol. The third-order valence-electron chi connectivity index (χ3n) is 6.57. The monoisotopic (exact) mass is 392 g/mol. The van der Waals surface area contributed by atoms with Crippen LogP contribution in [-0.2, 0) is 16.1 Å². The molecular formula is C20H25ClN2O4. The molecule has 5 rings (SSSR count). The van der Waals surface area contributed by atoms with Crippen LogP contribution in [0.4, 0.5) is 0 Å². The molecule has 2 bridgehead atoms. The Kier molecular flexibility index (Phi) is 4.93. The summed E-state index contributed by atoms with van der Waals surface area (Å²) in [5.41, 5.74) is 3.70. The molecule has 3 fully saturated rings. The standard InChI is InChI=1S/C19H23ClN2O2.CH2O2/c1-11-13-6-12(20)2-3-16(13)21-17(11)8-22-7-15-14(9-23)18-4-5-19(15,10-22)24-18;2-1-3/h2-3,6,14-15,18,21,23H,4-5,7-10H2,1H3;1H,(H,2,3)/t14-,15+,18+,19+;/m0./s1. The van der Waals surface area contributed by atoms with Crippen molar-refractivity contribution >= 4 is 29.0 Å². The van der Waals surface area contributed by atoms with Crippen LogP contribution >= 0.6 is 11.6 Å². The number of nitrogens with zero attached hydrogens (tertiary/aromatic N) is 1. The number of carboxylic acid groups (broad SMARTS) is 1. The number of halogens is 1. The van der Waals surface area contributed by atoms with Crippen LogP contribution in [0.25, 0.3) is 10.9 Å². The fourth-order valence-corrected chi connectivity index (χ4v) is 5.56. The van der Waals surface area contributed by atoms with Crippen molar-refractivity contribution in [2.75, 3.05) is 19.7 Å². The van der Waals surface area contributed by atoms with Crippen LogP contribution in [0.15, 0.2) is 18.2 Å². The molecule has 3 saturated heterocycles. The summed E-state index contributed by atoms with van der Waals surface area (Å²) in [6.07, 6.45) is 2.55. The summed E-state index contributed by atoms with van der Waals surface area (Å²) in [6, 6.07) is 6.02. The van der Waals surface area contributed by atoms with Gasteiger partial charge in [0.05, 0.1) is 11.7 Å². The highest BCUT2D eigenvalue weighted by atomic mass is 35.5. The minimum Gasteiger partial charge on any atom is -0.483 e. The summed E-state index contributed by atoms with van der Waals surface area (Å²) in [6.45, 7) is 5.09. The normalized spacial score (nSPS) is 31.7. The molecule has 0 radical (unpaired) electrons. The number of aromatic amines is 1. The van der Waals surface area contributed by atoms with Crippen molar-refractivity contribution in [1.82, 2.24) is 9.88 Å². The summed E-state index contributed by atoms with van der Waals surface area (Å²) >= 11 is 6.14. The van der Waals surface area contributed by atoms with Gasteiger partial charge in [-0.2, -0.15) is 0 Å². The highest BCUT2D eigenvalue weighted by Gasteiger charge is 2.62. The van der Waals surface area contributed by atoms with Gasteiger partial charge in [0.15, 0.2) is 0 Å². The SMILES string of the molecule is Cc1c(CN2C[C@@H]3[C@H](CO)[C@H]4CC[C@]3(C2)O4)[nH]c2ccc(Cl)cc12.O=CO. The number of nitrogens with one attached hydrogen (secondary N) is 1. The Bertz CT molecular complexity index is 854. The van der Waals surface area contributed by atoms with E-state index in [0.717, 1.165) is 43.0 Å². The Morgan fingerprint density at radius 1 is 1.48 bits per heavy atom. The van der Waals surface area contributed by atoms with Gasteiger partial charge in [-0.15, -0.1) is 0 Å². The third-order valence-corrected chi connectivity index (χ3v) is 6.81. The van der Waals surface area contributed by atoms with Crippen molar-refractivity contribution in [3.05, 3.63) is 34.5 Å². The highest BCUT2D eigenvalue weighted by Crippen LogP contribution is 2.54. The lowest BCUT2D eigenvalue weighted by Crippen LogP contribution is -2.37. The Hall–Kier alpha value is -1.60. The zero-order valence-electron chi connectivity index (χ0n) is 15.3. The lowest BCUT2D eigenvalue weighted by Gasteiger charge is -2.28. The van der Waals surface area contributed by atoms with E-state index >= 15 is 0 Å². The number of hydrogen-bond acceptors (Lipinski definition) is 4. The number of likely N-dealkylation sites (tertiary alicyclic amines) is 1. The topological polar surface area (TPSA) is 85.8 Å². The van der Waals surface area contributed by atoms with E-state index in [1.807, 2.05) is 12.1 Å². The van der Waals surface area contributed by atoms with Crippen molar-refractivity contribution in [2.24, 2.45) is 11.8 Å². The van der Waals surface area contributed by atoms with E-state index in [-0.39, 0.29) is 18.7 Å². The summed E-state index contributed by atoms with van der Waals surface area (Å²) in [7, 11) is 0. The fraction of sp³-hybridized carbons (Fsp3) is 0.550. The smallest absolute Gasteiger partial charge is 0.290 e. The van der Waals surface area contributed by atoms with E-state index in [1.165, 1.54) is 16.6 Å². The minimum absolute atomic E-state index is 0.00128. The first-order valence-electron chi connectivity index (χ1n) is 9.37. The van der Waals surface area contributed by atoms with E-state index in [9.17, 15) is 5.11 Å². The molecule has 3 N–H and O–H groups in total. The number of carbonyl (C=O) groups is 1. The first-order valence-corrected chi connectivity index (χ1v) is 9.74. The molecule has 0 amide bonds. The van der Waals surface area contributed by atoms with Crippen molar-refractivity contribution in [3.63, 3.8) is 0 Å². The highest BCUT2D eigenvalue weighted by molar-refractivity contribution is 6.31. The third kappa shape index (κ3) is 3.05. The summed E-state index contributed by atoms with van der Waals surface area (Å²) in [4.78, 5) is 14.4. The molecule has 3 aliphatic rings. The maximum absolute atomic E-state index is 9.76. The van der Waals surface area contributed by atoms with Gasteiger partial charge in [0.25, 0.3) is 6.47 Å². The number of ether oxygens (including phenoxy) is 1. The van der Waals surface area contributed by atoms with Crippen molar-refractivity contribution < 1.29 is 19.7 Å². The quantitative estimate of drug-likeness (QED) is 0.699. The van der Waals surface area contributed by atoms with Crippen molar-refractivity contribution in [3.8, 4) is 0 Å². The van der Waals surface area contributed by atoms with Crippen LogP contribution < -0.4 is 0 Å². The molecule has 4 heterocycles. The van der Waals surface area contributed by atoms with E-state index in [0.29, 0.717) is 17.9 Å². The summed E-state index contributed by atoms with van der Waals surface area (Å²) < 4.78 is 6.33. The van der Waals surface area contributed by atoms with Crippen LogP contribution in [0.2, 0.25) is 5.02 Å². The Morgan fingerprint density at radius 2 is 2.26 bits per heavy atom. The van der Waals surface area contributed by atoms with Crippen molar-refractivity contribution in [2.45, 2.75) is 38.0 Å². The summed E-state index contributed by atoms with van der Waals surface area (Å²) in [5.74, 6) is 0.812. The number of aliphatic hydroxyl groups is 1. The van der Waals surface area contributed by atoms with Gasteiger partial charge in [0.1, 0.15) is 0 Å². The predicted octanol–water partition coefficient (Wildman–Crippen LogP) is 2.80. The maximum Gasteiger partial charge on any atom is 0.290 e. The number of aliphatic hydroxyl groups excluding tert-OH is 1. The molecule has 7 heteroatoms. The van der Waals surface area contributed by atoms with Gasteiger partial charge in [-0.05, 0) is 43.5 Å². The van der Waals surface area contributed by atoms with E-state index in [1.54, 1.807) is 0 Å². The maximum atomic E-state index is 9.76. The number of aryl methyl sites for hydroxylation is 1. The average Bonchev–Trinajstić information content (AvgIpc) is 3.35. The average molecular weight is 393 g/mol. The second-order valence-electron chi connectivity index (χ2n) is 7.91. The number of rotatable bonds is 3. The Morgan fingerprint density at radius 3 is 3.00 bits per heavy atom. The van der Waals surface area contributed by atoms with Crippen LogP contribution in [-0.4, -0.2) is 58.0 Å². The molecule has 27 heavy (non-hydrogen) atoms. The zero-order valence-corrected chi connectivity index (χ0v) is 16.1. The molecule has 2 aromatic rings. The van der Waals surface area contributed by atoms with Gasteiger partial charge < -0.3 is 19.9 Å². The minimum atomic E-state index is -0.250. The number of hydrogen-bond donors (Lipinski definition) is 3. The van der Waals surface area contributed by atoms with Crippen LogP contribution in [0.3, 0.4) is 0 Å². The molecule has 3 aliphatic heterocycles. The molecule has 6 nitrogen and oxygen atoms in total. The molecule has 0 aliphatic carbocycles.